The zero-order chi connectivity index (χ0) is 21.2. The molecule has 3 rings (SSSR count). The van der Waals surface area contributed by atoms with E-state index in [0.29, 0.717) is 23.4 Å². The Hall–Kier alpha value is -2.49. The lowest BCUT2D eigenvalue weighted by molar-refractivity contribution is -0.143. The molecule has 0 unspecified atom stereocenters. The van der Waals surface area contributed by atoms with Crippen LogP contribution in [0.25, 0.3) is 5.69 Å². The normalized spacial score (nSPS) is 16.4. The SMILES string of the molecule is CC(C)CN1CCC(NC(=O)c2nnn(-c3ccc(F)cc3)c2C(F)(F)F)CC1. The van der Waals surface area contributed by atoms with Crippen LogP contribution in [0.15, 0.2) is 24.3 Å². The highest BCUT2D eigenvalue weighted by Gasteiger charge is 2.42. The fraction of sp³-hybridized carbons (Fsp3) is 0.526. The fourth-order valence-electron chi connectivity index (χ4n) is 3.48. The highest BCUT2D eigenvalue weighted by Crippen LogP contribution is 2.33. The predicted octanol–water partition coefficient (Wildman–Crippen LogP) is 3.28. The number of piperidine rings is 1. The number of nitrogens with one attached hydrogen (secondary N) is 1. The summed E-state index contributed by atoms with van der Waals surface area (Å²) in [6.07, 6.45) is -3.54. The summed E-state index contributed by atoms with van der Waals surface area (Å²) in [5, 5.41) is 9.63. The Balaban J connectivity index is 1.76. The Morgan fingerprint density at radius 1 is 1.21 bits per heavy atom. The van der Waals surface area contributed by atoms with Crippen molar-refractivity contribution in [3.05, 3.63) is 41.5 Å². The number of amides is 1. The standard InChI is InChI=1S/C19H23F4N5O/c1-12(2)11-27-9-7-14(8-10-27)24-18(29)16-17(19(21,22)23)28(26-25-16)15-5-3-13(20)4-6-15/h3-6,12,14H,7-11H2,1-2H3,(H,24,29). The number of benzene rings is 1. The molecule has 1 aliphatic rings. The minimum Gasteiger partial charge on any atom is -0.348 e. The van der Waals surface area contributed by atoms with Gasteiger partial charge in [-0.25, -0.2) is 9.07 Å². The van der Waals surface area contributed by atoms with E-state index in [1.807, 2.05) is 0 Å². The van der Waals surface area contributed by atoms with Gasteiger partial charge in [-0.05, 0) is 43.0 Å². The van der Waals surface area contributed by atoms with Gasteiger partial charge in [-0.1, -0.05) is 19.1 Å². The number of alkyl halides is 3. The molecule has 6 nitrogen and oxygen atoms in total. The summed E-state index contributed by atoms with van der Waals surface area (Å²) < 4.78 is 54.6. The Morgan fingerprint density at radius 2 is 1.83 bits per heavy atom. The van der Waals surface area contributed by atoms with Crippen LogP contribution >= 0.6 is 0 Å². The molecule has 10 heteroatoms. The third kappa shape index (κ3) is 5.11. The van der Waals surface area contributed by atoms with E-state index in [9.17, 15) is 22.4 Å². The van der Waals surface area contributed by atoms with Crippen LogP contribution in [-0.4, -0.2) is 51.5 Å². The van der Waals surface area contributed by atoms with Crippen LogP contribution in [-0.2, 0) is 6.18 Å². The number of carbonyl (C=O) groups is 1. The fourth-order valence-corrected chi connectivity index (χ4v) is 3.48. The van der Waals surface area contributed by atoms with Crippen LogP contribution < -0.4 is 5.32 Å². The van der Waals surface area contributed by atoms with E-state index in [0.717, 1.165) is 43.9 Å². The maximum atomic E-state index is 13.7. The van der Waals surface area contributed by atoms with Gasteiger partial charge in [-0.3, -0.25) is 4.79 Å². The van der Waals surface area contributed by atoms with E-state index in [4.69, 9.17) is 0 Å². The van der Waals surface area contributed by atoms with Gasteiger partial charge in [-0.2, -0.15) is 13.2 Å². The summed E-state index contributed by atoms with van der Waals surface area (Å²) >= 11 is 0. The maximum Gasteiger partial charge on any atom is 0.435 e. The van der Waals surface area contributed by atoms with E-state index in [2.05, 4.69) is 34.4 Å². The van der Waals surface area contributed by atoms with Gasteiger partial charge in [0.25, 0.3) is 5.91 Å². The highest BCUT2D eigenvalue weighted by molar-refractivity contribution is 5.93. The molecule has 1 aliphatic heterocycles. The lowest BCUT2D eigenvalue weighted by Crippen LogP contribution is -2.45. The molecule has 158 valence electrons. The molecule has 0 aliphatic carbocycles. The van der Waals surface area contributed by atoms with Gasteiger partial charge in [0.15, 0.2) is 11.4 Å². The molecule has 0 saturated carbocycles. The van der Waals surface area contributed by atoms with Crippen molar-refractivity contribution in [2.45, 2.75) is 38.9 Å². The summed E-state index contributed by atoms with van der Waals surface area (Å²) in [5.41, 5.74) is -2.10. The second-order valence-electron chi connectivity index (χ2n) is 7.61. The van der Waals surface area contributed by atoms with Crippen LogP contribution in [0, 0.1) is 11.7 Å². The van der Waals surface area contributed by atoms with Crippen molar-refractivity contribution in [3.8, 4) is 5.69 Å². The van der Waals surface area contributed by atoms with Gasteiger partial charge in [0.2, 0.25) is 0 Å². The molecular formula is C19H23F4N5O. The summed E-state index contributed by atoms with van der Waals surface area (Å²) in [7, 11) is 0. The van der Waals surface area contributed by atoms with Crippen molar-refractivity contribution >= 4 is 5.91 Å². The Labute approximate surface area is 165 Å². The van der Waals surface area contributed by atoms with Gasteiger partial charge in [0, 0.05) is 25.7 Å². The molecule has 1 N–H and O–H groups in total. The minimum atomic E-state index is -4.86. The molecule has 0 radical (unpaired) electrons. The number of hydrogen-bond donors (Lipinski definition) is 1. The van der Waals surface area contributed by atoms with Crippen LogP contribution in [0.5, 0.6) is 0 Å². The van der Waals surface area contributed by atoms with Crippen molar-refractivity contribution < 1.29 is 22.4 Å². The summed E-state index contributed by atoms with van der Waals surface area (Å²) in [6, 6.07) is 4.10. The van der Waals surface area contributed by atoms with Gasteiger partial charge in [0.1, 0.15) is 5.82 Å². The number of hydrogen-bond acceptors (Lipinski definition) is 4. The van der Waals surface area contributed by atoms with E-state index in [1.54, 1.807) is 0 Å². The number of halogens is 4. The molecule has 2 aromatic rings. The molecule has 1 fully saturated rings. The van der Waals surface area contributed by atoms with Crippen molar-refractivity contribution in [1.82, 2.24) is 25.2 Å². The summed E-state index contributed by atoms with van der Waals surface area (Å²) in [5.74, 6) is -0.978. The number of rotatable bonds is 5. The van der Waals surface area contributed by atoms with Gasteiger partial charge < -0.3 is 10.2 Å². The first kappa shape index (κ1) is 21.2. The third-order valence-electron chi connectivity index (χ3n) is 4.77. The Kier molecular flexibility index (Phi) is 6.21. The molecule has 0 spiro atoms. The molecule has 1 aromatic carbocycles. The van der Waals surface area contributed by atoms with Crippen molar-refractivity contribution in [2.24, 2.45) is 5.92 Å². The predicted molar refractivity (Wildman–Crippen MR) is 98.1 cm³/mol. The number of aromatic nitrogens is 3. The Bertz CT molecular complexity index is 839. The molecular weight excluding hydrogens is 390 g/mol. The van der Waals surface area contributed by atoms with Crippen molar-refractivity contribution in [3.63, 3.8) is 0 Å². The third-order valence-corrected chi connectivity index (χ3v) is 4.77. The van der Waals surface area contributed by atoms with Crippen LogP contribution in [0.3, 0.4) is 0 Å². The first-order valence-electron chi connectivity index (χ1n) is 9.47. The molecule has 1 aromatic heterocycles. The van der Waals surface area contributed by atoms with Crippen LogP contribution in [0.1, 0.15) is 42.9 Å². The quantitative estimate of drug-likeness (QED) is 0.765. The first-order valence-corrected chi connectivity index (χ1v) is 9.47. The van der Waals surface area contributed by atoms with Gasteiger partial charge >= 0.3 is 6.18 Å². The lowest BCUT2D eigenvalue weighted by atomic mass is 10.0. The zero-order valence-electron chi connectivity index (χ0n) is 16.2. The Morgan fingerprint density at radius 3 is 2.38 bits per heavy atom. The molecule has 29 heavy (non-hydrogen) atoms. The zero-order valence-corrected chi connectivity index (χ0v) is 16.2. The molecule has 0 atom stereocenters. The first-order chi connectivity index (χ1) is 13.6. The number of nitrogens with zero attached hydrogens (tertiary/aromatic N) is 4. The van der Waals surface area contributed by atoms with E-state index >= 15 is 0 Å². The smallest absolute Gasteiger partial charge is 0.348 e. The van der Waals surface area contributed by atoms with E-state index in [-0.39, 0.29) is 11.7 Å². The second-order valence-corrected chi connectivity index (χ2v) is 7.61. The number of likely N-dealkylation sites (tertiary alicyclic amines) is 1. The number of carbonyl (C=O) groups excluding carboxylic acids is 1. The van der Waals surface area contributed by atoms with Crippen molar-refractivity contribution in [1.29, 1.82) is 0 Å². The average molecular weight is 413 g/mol. The van der Waals surface area contributed by atoms with Gasteiger partial charge in [-0.15, -0.1) is 5.10 Å². The topological polar surface area (TPSA) is 63.1 Å². The summed E-state index contributed by atoms with van der Waals surface area (Å²) in [4.78, 5) is 14.8. The van der Waals surface area contributed by atoms with Crippen LogP contribution in [0.2, 0.25) is 0 Å². The van der Waals surface area contributed by atoms with Gasteiger partial charge in [0.05, 0.1) is 5.69 Å². The van der Waals surface area contributed by atoms with Crippen LogP contribution in [0.4, 0.5) is 17.6 Å². The van der Waals surface area contributed by atoms with E-state index in [1.165, 1.54) is 0 Å². The average Bonchev–Trinajstić information content (AvgIpc) is 3.09. The lowest BCUT2D eigenvalue weighted by Gasteiger charge is -2.33. The second kappa shape index (κ2) is 8.48. The molecule has 2 heterocycles. The molecule has 1 amide bonds. The van der Waals surface area contributed by atoms with Crippen molar-refractivity contribution in [2.75, 3.05) is 19.6 Å². The maximum absolute atomic E-state index is 13.7. The minimum absolute atomic E-state index is 0.0349. The largest absolute Gasteiger partial charge is 0.435 e. The monoisotopic (exact) mass is 413 g/mol. The molecule has 0 bridgehead atoms. The highest BCUT2D eigenvalue weighted by atomic mass is 19.4. The molecule has 1 saturated heterocycles. The van der Waals surface area contributed by atoms with E-state index < -0.39 is 29.3 Å². The summed E-state index contributed by atoms with van der Waals surface area (Å²) in [6.45, 7) is 6.74.